The first-order valence-electron chi connectivity index (χ1n) is 5.44. The maximum atomic E-state index is 14.6. The molecule has 1 aliphatic carbocycles. The molecule has 1 heterocycles. The lowest BCUT2D eigenvalue weighted by atomic mass is 9.82. The van der Waals surface area contributed by atoms with Crippen molar-refractivity contribution >= 4 is 11.5 Å². The van der Waals surface area contributed by atoms with E-state index < -0.39 is 5.67 Å². The largest absolute Gasteiger partial charge is 0.384 e. The predicted molar refractivity (Wildman–Crippen MR) is 58.1 cm³/mol. The van der Waals surface area contributed by atoms with Crippen molar-refractivity contribution in [3.63, 3.8) is 0 Å². The zero-order valence-corrected chi connectivity index (χ0v) is 8.71. The topological polar surface area (TPSA) is 38.4 Å². The van der Waals surface area contributed by atoms with Gasteiger partial charge in [-0.3, -0.25) is 0 Å². The minimum atomic E-state index is -1.55. The van der Waals surface area contributed by atoms with Crippen molar-refractivity contribution in [1.82, 2.24) is 0 Å². The van der Waals surface area contributed by atoms with Crippen LogP contribution < -0.4 is 5.73 Å². The summed E-state index contributed by atoms with van der Waals surface area (Å²) in [6.45, 7) is 0. The molecule has 2 aliphatic rings. The first kappa shape index (κ1) is 9.75. The number of alkyl halides is 1. The van der Waals surface area contributed by atoms with E-state index in [-0.39, 0.29) is 17.6 Å². The summed E-state index contributed by atoms with van der Waals surface area (Å²) in [6.07, 6.45) is 1.87. The molecule has 2 nitrogen and oxygen atoms in total. The lowest BCUT2D eigenvalue weighted by molar-refractivity contribution is 0.232. The molecule has 1 saturated carbocycles. The molecular weight excluding hydrogens is 210 g/mol. The SMILES string of the molecule is NC1=Nc2ccc(F)cc2C2CCCC12F. The zero-order valence-electron chi connectivity index (χ0n) is 8.71. The Morgan fingerprint density at radius 2 is 2.25 bits per heavy atom. The maximum absolute atomic E-state index is 14.6. The molecule has 0 bridgehead atoms. The third-order valence-corrected chi connectivity index (χ3v) is 3.62. The molecular formula is C12H12F2N2. The fourth-order valence-electron chi connectivity index (χ4n) is 2.80. The summed E-state index contributed by atoms with van der Waals surface area (Å²) in [5, 5.41) is 0. The summed E-state index contributed by atoms with van der Waals surface area (Å²) in [7, 11) is 0. The molecule has 2 unspecified atom stereocenters. The van der Waals surface area contributed by atoms with E-state index in [2.05, 4.69) is 4.99 Å². The van der Waals surface area contributed by atoms with Gasteiger partial charge >= 0.3 is 0 Å². The molecule has 0 saturated heterocycles. The summed E-state index contributed by atoms with van der Waals surface area (Å²) in [6, 6.07) is 4.28. The molecule has 0 radical (unpaired) electrons. The second kappa shape index (κ2) is 3.03. The van der Waals surface area contributed by atoms with E-state index in [9.17, 15) is 8.78 Å². The van der Waals surface area contributed by atoms with Crippen molar-refractivity contribution in [1.29, 1.82) is 0 Å². The summed E-state index contributed by atoms with van der Waals surface area (Å²) in [5.41, 5.74) is 5.41. The Hall–Kier alpha value is -1.45. The number of hydrogen-bond donors (Lipinski definition) is 1. The number of fused-ring (bicyclic) bond motifs is 3. The average Bonchev–Trinajstić information content (AvgIpc) is 2.64. The Kier molecular flexibility index (Phi) is 1.85. The van der Waals surface area contributed by atoms with Gasteiger partial charge in [-0.15, -0.1) is 0 Å². The number of hydrogen-bond acceptors (Lipinski definition) is 2. The second-order valence-electron chi connectivity index (χ2n) is 4.51. The van der Waals surface area contributed by atoms with Gasteiger partial charge in [-0.1, -0.05) is 0 Å². The van der Waals surface area contributed by atoms with Crippen LogP contribution in [0, 0.1) is 5.82 Å². The van der Waals surface area contributed by atoms with Crippen LogP contribution >= 0.6 is 0 Å². The summed E-state index contributed by atoms with van der Waals surface area (Å²) < 4.78 is 27.8. The van der Waals surface area contributed by atoms with Crippen molar-refractivity contribution in [2.75, 3.05) is 0 Å². The molecule has 1 fully saturated rings. The predicted octanol–water partition coefficient (Wildman–Crippen LogP) is 2.80. The van der Waals surface area contributed by atoms with E-state index in [4.69, 9.17) is 5.73 Å². The highest BCUT2D eigenvalue weighted by Gasteiger charge is 2.50. The molecule has 1 aromatic carbocycles. The number of benzene rings is 1. The first-order chi connectivity index (χ1) is 7.61. The lowest BCUT2D eigenvalue weighted by Crippen LogP contribution is -2.43. The lowest BCUT2D eigenvalue weighted by Gasteiger charge is -2.31. The van der Waals surface area contributed by atoms with Crippen LogP contribution in [0.3, 0.4) is 0 Å². The normalized spacial score (nSPS) is 31.9. The van der Waals surface area contributed by atoms with Gasteiger partial charge in [0.25, 0.3) is 0 Å². The van der Waals surface area contributed by atoms with Crippen LogP contribution in [-0.2, 0) is 0 Å². The van der Waals surface area contributed by atoms with Crippen LogP contribution in [-0.4, -0.2) is 11.5 Å². The molecule has 1 aromatic rings. The van der Waals surface area contributed by atoms with Gasteiger partial charge in [-0.2, -0.15) is 0 Å². The van der Waals surface area contributed by atoms with Gasteiger partial charge in [0.15, 0.2) is 5.67 Å². The van der Waals surface area contributed by atoms with Crippen LogP contribution in [0.1, 0.15) is 30.7 Å². The third-order valence-electron chi connectivity index (χ3n) is 3.62. The van der Waals surface area contributed by atoms with Gasteiger partial charge in [-0.05, 0) is 43.0 Å². The number of halogens is 2. The van der Waals surface area contributed by atoms with Crippen molar-refractivity contribution < 1.29 is 8.78 Å². The summed E-state index contributed by atoms with van der Waals surface area (Å²) >= 11 is 0. The third kappa shape index (κ3) is 1.13. The van der Waals surface area contributed by atoms with Gasteiger partial charge in [-0.25, -0.2) is 13.8 Å². The van der Waals surface area contributed by atoms with E-state index in [0.29, 0.717) is 24.1 Å². The Balaban J connectivity index is 2.22. The van der Waals surface area contributed by atoms with Crippen LogP contribution in [0.2, 0.25) is 0 Å². The van der Waals surface area contributed by atoms with Gasteiger partial charge in [0.2, 0.25) is 0 Å². The Labute approximate surface area is 92.2 Å². The fourth-order valence-corrected chi connectivity index (χ4v) is 2.80. The molecule has 0 spiro atoms. The van der Waals surface area contributed by atoms with Crippen molar-refractivity contribution in [3.05, 3.63) is 29.6 Å². The highest BCUT2D eigenvalue weighted by molar-refractivity contribution is 5.95. The van der Waals surface area contributed by atoms with E-state index in [1.165, 1.54) is 12.1 Å². The van der Waals surface area contributed by atoms with Gasteiger partial charge in [0, 0.05) is 5.92 Å². The molecule has 2 atom stereocenters. The van der Waals surface area contributed by atoms with Crippen LogP contribution in [0.15, 0.2) is 23.2 Å². The smallest absolute Gasteiger partial charge is 0.174 e. The number of aliphatic imine (C=N–C) groups is 1. The van der Waals surface area contributed by atoms with Crippen LogP contribution in [0.5, 0.6) is 0 Å². The van der Waals surface area contributed by atoms with Crippen molar-refractivity contribution in [3.8, 4) is 0 Å². The van der Waals surface area contributed by atoms with Crippen LogP contribution in [0.25, 0.3) is 0 Å². The second-order valence-corrected chi connectivity index (χ2v) is 4.51. The Bertz CT molecular complexity index is 484. The van der Waals surface area contributed by atoms with Gasteiger partial charge in [0.1, 0.15) is 11.7 Å². The molecule has 0 aromatic heterocycles. The molecule has 1 aliphatic heterocycles. The summed E-state index contributed by atoms with van der Waals surface area (Å²) in [5.74, 6) is -0.617. The Morgan fingerprint density at radius 3 is 3.06 bits per heavy atom. The molecule has 4 heteroatoms. The monoisotopic (exact) mass is 222 g/mol. The van der Waals surface area contributed by atoms with E-state index in [1.54, 1.807) is 6.07 Å². The number of nitrogens with two attached hydrogens (primary N) is 1. The quantitative estimate of drug-likeness (QED) is 0.720. The van der Waals surface area contributed by atoms with Crippen LogP contribution in [0.4, 0.5) is 14.5 Å². The van der Waals surface area contributed by atoms with Crippen molar-refractivity contribution in [2.45, 2.75) is 30.8 Å². The molecule has 16 heavy (non-hydrogen) atoms. The van der Waals surface area contributed by atoms with Crippen molar-refractivity contribution in [2.24, 2.45) is 10.7 Å². The standard InChI is InChI=1S/C12H12F2N2/c13-7-3-4-10-8(6-7)9-2-1-5-12(9,14)11(15)16-10/h3-4,6,9H,1-2,5H2,(H2,15,16). The molecule has 84 valence electrons. The number of rotatable bonds is 0. The number of nitrogens with zero attached hydrogens (tertiary/aromatic N) is 1. The minimum absolute atomic E-state index is 0.0501. The molecule has 0 amide bonds. The molecule has 3 rings (SSSR count). The highest BCUT2D eigenvalue weighted by atomic mass is 19.1. The molecule has 2 N–H and O–H groups in total. The maximum Gasteiger partial charge on any atom is 0.174 e. The fraction of sp³-hybridized carbons (Fsp3) is 0.417. The average molecular weight is 222 g/mol. The van der Waals surface area contributed by atoms with Gasteiger partial charge < -0.3 is 5.73 Å². The highest BCUT2D eigenvalue weighted by Crippen LogP contribution is 2.51. The number of amidine groups is 1. The van der Waals surface area contributed by atoms with E-state index >= 15 is 0 Å². The zero-order chi connectivity index (χ0) is 11.3. The first-order valence-corrected chi connectivity index (χ1v) is 5.44. The minimum Gasteiger partial charge on any atom is -0.384 e. The summed E-state index contributed by atoms with van der Waals surface area (Å²) in [4.78, 5) is 4.05. The van der Waals surface area contributed by atoms with E-state index in [0.717, 1.165) is 6.42 Å². The Morgan fingerprint density at radius 1 is 1.44 bits per heavy atom. The van der Waals surface area contributed by atoms with E-state index in [1.807, 2.05) is 0 Å². The van der Waals surface area contributed by atoms with Gasteiger partial charge in [0.05, 0.1) is 5.69 Å².